The molecule has 0 spiro atoms. The van der Waals surface area contributed by atoms with Gasteiger partial charge in [0.1, 0.15) is 6.04 Å². The number of carboxylic acid groups (broad SMARTS) is 1. The van der Waals surface area contributed by atoms with Crippen molar-refractivity contribution in [1.82, 2.24) is 10.3 Å². The Balaban J connectivity index is 2.39. The van der Waals surface area contributed by atoms with E-state index in [1.54, 1.807) is 24.3 Å². The minimum atomic E-state index is -1.24. The summed E-state index contributed by atoms with van der Waals surface area (Å²) in [7, 11) is 0. The second-order valence-electron chi connectivity index (χ2n) is 4.47. The molecule has 1 amide bonds. The number of benzene rings is 1. The van der Waals surface area contributed by atoms with Crippen molar-refractivity contribution >= 4 is 22.8 Å². The maximum atomic E-state index is 12.2. The number of aliphatic hydroxyl groups excluding tert-OH is 1. The number of fused-ring (bicyclic) bond motifs is 1. The fourth-order valence-corrected chi connectivity index (χ4v) is 2.01. The van der Waals surface area contributed by atoms with Crippen molar-refractivity contribution in [3.63, 3.8) is 0 Å². The second-order valence-corrected chi connectivity index (χ2v) is 4.47. The van der Waals surface area contributed by atoms with Crippen LogP contribution in [0.25, 0.3) is 10.9 Å². The molecule has 0 saturated carbocycles. The van der Waals surface area contributed by atoms with E-state index in [1.807, 2.05) is 0 Å². The van der Waals surface area contributed by atoms with Gasteiger partial charge in [0, 0.05) is 30.0 Å². The number of pyridine rings is 1. The van der Waals surface area contributed by atoms with E-state index in [0.717, 1.165) is 6.07 Å². The average molecular weight is 290 g/mol. The lowest BCUT2D eigenvalue weighted by Crippen LogP contribution is -2.41. The van der Waals surface area contributed by atoms with E-state index in [1.165, 1.54) is 0 Å². The van der Waals surface area contributed by atoms with Gasteiger partial charge < -0.3 is 20.5 Å². The smallest absolute Gasteiger partial charge is 0.326 e. The third-order valence-corrected chi connectivity index (χ3v) is 3.02. The molecule has 7 heteroatoms. The van der Waals surface area contributed by atoms with Crippen molar-refractivity contribution in [2.24, 2.45) is 0 Å². The highest BCUT2D eigenvalue weighted by atomic mass is 16.4. The third-order valence-electron chi connectivity index (χ3n) is 3.02. The van der Waals surface area contributed by atoms with Crippen molar-refractivity contribution in [3.05, 3.63) is 46.2 Å². The standard InChI is InChI=1S/C14H14N2O5/c17-6-5-11(14(20)21)16-13(19)9-7-12(18)15-10-4-2-1-3-8(9)10/h1-4,7,11,17H,5-6H2,(H,15,18)(H,16,19)(H,20,21)/t11-/m0/s1. The van der Waals surface area contributed by atoms with Gasteiger partial charge in [0.05, 0.1) is 5.56 Å². The Hall–Kier alpha value is -2.67. The number of H-pyrrole nitrogens is 1. The summed E-state index contributed by atoms with van der Waals surface area (Å²) >= 11 is 0. The molecule has 2 rings (SSSR count). The predicted molar refractivity (Wildman–Crippen MR) is 75.2 cm³/mol. The first-order valence-electron chi connectivity index (χ1n) is 6.29. The van der Waals surface area contributed by atoms with E-state index in [-0.39, 0.29) is 18.6 Å². The molecular formula is C14H14N2O5. The molecule has 0 radical (unpaired) electrons. The van der Waals surface area contributed by atoms with Crippen LogP contribution < -0.4 is 10.9 Å². The molecule has 4 N–H and O–H groups in total. The van der Waals surface area contributed by atoms with Crippen molar-refractivity contribution in [2.75, 3.05) is 6.61 Å². The highest BCUT2D eigenvalue weighted by Gasteiger charge is 2.21. The molecule has 0 aliphatic carbocycles. The monoisotopic (exact) mass is 290 g/mol. The zero-order valence-electron chi connectivity index (χ0n) is 11.0. The van der Waals surface area contributed by atoms with Crippen LogP contribution in [0, 0.1) is 0 Å². The fraction of sp³-hybridized carbons (Fsp3) is 0.214. The predicted octanol–water partition coefficient (Wildman–Crippen LogP) is 0.0935. The lowest BCUT2D eigenvalue weighted by Gasteiger charge is -2.14. The Bertz CT molecular complexity index is 737. The largest absolute Gasteiger partial charge is 0.480 e. The van der Waals surface area contributed by atoms with Crippen LogP contribution in [0.15, 0.2) is 35.1 Å². The number of rotatable bonds is 5. The first-order chi connectivity index (χ1) is 10.0. The number of aromatic nitrogens is 1. The summed E-state index contributed by atoms with van der Waals surface area (Å²) in [5.74, 6) is -1.91. The number of aliphatic carboxylic acids is 1. The van der Waals surface area contributed by atoms with Gasteiger partial charge in [-0.15, -0.1) is 0 Å². The molecule has 1 atom stereocenters. The van der Waals surface area contributed by atoms with Crippen LogP contribution in [0.5, 0.6) is 0 Å². The molecule has 0 unspecified atom stereocenters. The first-order valence-corrected chi connectivity index (χ1v) is 6.29. The van der Waals surface area contributed by atoms with Crippen LogP contribution in [0.4, 0.5) is 0 Å². The number of carboxylic acids is 1. The second kappa shape index (κ2) is 6.19. The third kappa shape index (κ3) is 3.26. The average Bonchev–Trinajstić information content (AvgIpc) is 2.45. The van der Waals surface area contributed by atoms with Crippen molar-refractivity contribution < 1.29 is 19.8 Å². The normalized spacial score (nSPS) is 12.0. The van der Waals surface area contributed by atoms with Crippen LogP contribution in [0.3, 0.4) is 0 Å². The lowest BCUT2D eigenvalue weighted by molar-refractivity contribution is -0.139. The van der Waals surface area contributed by atoms with Gasteiger partial charge >= 0.3 is 5.97 Å². The number of amides is 1. The zero-order valence-corrected chi connectivity index (χ0v) is 11.0. The number of carbonyl (C=O) groups excluding carboxylic acids is 1. The number of aromatic amines is 1. The quantitative estimate of drug-likeness (QED) is 0.622. The van der Waals surface area contributed by atoms with Gasteiger partial charge in [0.25, 0.3) is 5.91 Å². The Morgan fingerprint density at radius 2 is 2.00 bits per heavy atom. The number of para-hydroxylation sites is 1. The summed E-state index contributed by atoms with van der Waals surface area (Å²) in [6.45, 7) is -0.368. The van der Waals surface area contributed by atoms with Gasteiger partial charge in [-0.3, -0.25) is 9.59 Å². The van der Waals surface area contributed by atoms with E-state index < -0.39 is 23.5 Å². The van der Waals surface area contributed by atoms with E-state index in [2.05, 4.69) is 10.3 Å². The highest BCUT2D eigenvalue weighted by molar-refractivity contribution is 6.06. The van der Waals surface area contributed by atoms with Gasteiger partial charge in [-0.2, -0.15) is 0 Å². The minimum Gasteiger partial charge on any atom is -0.480 e. The molecule has 7 nitrogen and oxygen atoms in total. The summed E-state index contributed by atoms with van der Waals surface area (Å²) in [5, 5.41) is 20.6. The Morgan fingerprint density at radius 3 is 2.67 bits per heavy atom. The lowest BCUT2D eigenvalue weighted by atomic mass is 10.1. The molecule has 0 fully saturated rings. The topological polar surface area (TPSA) is 119 Å². The van der Waals surface area contributed by atoms with Crippen molar-refractivity contribution in [2.45, 2.75) is 12.5 Å². The summed E-state index contributed by atoms with van der Waals surface area (Å²) in [6.07, 6.45) is -0.109. The Labute approximate surface area is 119 Å². The van der Waals surface area contributed by atoms with Crippen LogP contribution in [-0.4, -0.2) is 39.7 Å². The van der Waals surface area contributed by atoms with Crippen LogP contribution in [0.1, 0.15) is 16.8 Å². The molecule has 0 bridgehead atoms. The van der Waals surface area contributed by atoms with Gasteiger partial charge in [-0.05, 0) is 6.07 Å². The number of hydrogen-bond donors (Lipinski definition) is 4. The molecule has 1 aromatic carbocycles. The molecule has 110 valence electrons. The van der Waals surface area contributed by atoms with Gasteiger partial charge in [-0.1, -0.05) is 18.2 Å². The van der Waals surface area contributed by atoms with Crippen LogP contribution in [-0.2, 0) is 4.79 Å². The summed E-state index contributed by atoms with van der Waals surface area (Å²) in [4.78, 5) is 37.3. The van der Waals surface area contributed by atoms with Gasteiger partial charge in [-0.25, -0.2) is 4.79 Å². The van der Waals surface area contributed by atoms with Crippen molar-refractivity contribution in [1.29, 1.82) is 0 Å². The van der Waals surface area contributed by atoms with E-state index in [4.69, 9.17) is 10.2 Å². The van der Waals surface area contributed by atoms with Gasteiger partial charge in [0.2, 0.25) is 5.56 Å². The fourth-order valence-electron chi connectivity index (χ4n) is 2.01. The summed E-state index contributed by atoms with van der Waals surface area (Å²) in [5.41, 5.74) is 0.135. The molecule has 0 aliphatic heterocycles. The Kier molecular flexibility index (Phi) is 4.34. The highest BCUT2D eigenvalue weighted by Crippen LogP contribution is 2.14. The number of aliphatic hydroxyl groups is 1. The number of hydrogen-bond acceptors (Lipinski definition) is 4. The summed E-state index contributed by atoms with van der Waals surface area (Å²) in [6, 6.07) is 6.64. The molecule has 2 aromatic rings. The first kappa shape index (κ1) is 14.7. The van der Waals surface area contributed by atoms with E-state index in [9.17, 15) is 14.4 Å². The zero-order chi connectivity index (χ0) is 15.4. The van der Waals surface area contributed by atoms with Crippen molar-refractivity contribution in [3.8, 4) is 0 Å². The van der Waals surface area contributed by atoms with Crippen LogP contribution in [0.2, 0.25) is 0 Å². The van der Waals surface area contributed by atoms with Crippen LogP contribution >= 0.6 is 0 Å². The molecule has 1 aromatic heterocycles. The minimum absolute atomic E-state index is 0.0959. The Morgan fingerprint density at radius 1 is 1.29 bits per heavy atom. The molecule has 21 heavy (non-hydrogen) atoms. The molecule has 0 saturated heterocycles. The molecule has 1 heterocycles. The summed E-state index contributed by atoms with van der Waals surface area (Å²) < 4.78 is 0. The SMILES string of the molecule is O=C(N[C@@H](CCO)C(=O)O)c1cc(=O)[nH]c2ccccc12. The maximum absolute atomic E-state index is 12.2. The number of nitrogens with one attached hydrogen (secondary N) is 2. The van der Waals surface area contributed by atoms with E-state index >= 15 is 0 Å². The van der Waals surface area contributed by atoms with E-state index in [0.29, 0.717) is 10.9 Å². The van der Waals surface area contributed by atoms with Gasteiger partial charge in [0.15, 0.2) is 0 Å². The number of carbonyl (C=O) groups is 2. The maximum Gasteiger partial charge on any atom is 0.326 e. The molecule has 0 aliphatic rings. The molecular weight excluding hydrogens is 276 g/mol.